The van der Waals surface area contributed by atoms with Gasteiger partial charge in [0, 0.05) is 0 Å². The van der Waals surface area contributed by atoms with Gasteiger partial charge in [-0.05, 0) is 30.7 Å². The number of benzene rings is 1. The van der Waals surface area contributed by atoms with Crippen molar-refractivity contribution in [3.8, 4) is 5.75 Å². The summed E-state index contributed by atoms with van der Waals surface area (Å²) in [6, 6.07) is 3.76. The maximum Gasteiger partial charge on any atom is 0.306 e. The van der Waals surface area contributed by atoms with Gasteiger partial charge in [-0.1, -0.05) is 0 Å². The van der Waals surface area contributed by atoms with Crippen LogP contribution in [0, 0.1) is 12.7 Å². The molecule has 0 saturated heterocycles. The Balaban J connectivity index is 2.99. The van der Waals surface area contributed by atoms with Gasteiger partial charge in [0.15, 0.2) is 0 Å². The fraction of sp³-hybridized carbons (Fsp3) is 0.250. The summed E-state index contributed by atoms with van der Waals surface area (Å²) in [5.74, 6) is -0.262. The molecule has 0 aliphatic rings. The summed E-state index contributed by atoms with van der Waals surface area (Å²) >= 11 is 0. The molecular formula is C8H9FO3S. The lowest BCUT2D eigenvalue weighted by atomic mass is 10.2. The van der Waals surface area contributed by atoms with Gasteiger partial charge < -0.3 is 4.18 Å². The van der Waals surface area contributed by atoms with Gasteiger partial charge in [0.05, 0.1) is 6.26 Å². The van der Waals surface area contributed by atoms with E-state index in [1.165, 1.54) is 19.1 Å². The van der Waals surface area contributed by atoms with E-state index in [9.17, 15) is 12.8 Å². The van der Waals surface area contributed by atoms with Crippen LogP contribution >= 0.6 is 0 Å². The van der Waals surface area contributed by atoms with E-state index in [4.69, 9.17) is 0 Å². The van der Waals surface area contributed by atoms with Crippen molar-refractivity contribution in [2.75, 3.05) is 6.26 Å². The molecule has 0 N–H and O–H groups in total. The summed E-state index contributed by atoms with van der Waals surface area (Å²) < 4.78 is 38.6. The van der Waals surface area contributed by atoms with Crippen molar-refractivity contribution < 1.29 is 17.0 Å². The van der Waals surface area contributed by atoms with E-state index in [1.807, 2.05) is 0 Å². The summed E-state index contributed by atoms with van der Waals surface area (Å²) in [7, 11) is -3.53. The molecule has 0 fully saturated rings. The summed E-state index contributed by atoms with van der Waals surface area (Å²) in [4.78, 5) is 0. The SMILES string of the molecule is Cc1cc(OS(C)(=O)=O)ccc1F. The zero-order chi connectivity index (χ0) is 10.1. The standard InChI is InChI=1S/C8H9FO3S/c1-6-5-7(3-4-8(6)9)12-13(2,10)11/h3-5H,1-2H3. The molecule has 1 aromatic rings. The third-order valence-corrected chi connectivity index (χ3v) is 1.87. The molecule has 0 radical (unpaired) electrons. The van der Waals surface area contributed by atoms with E-state index < -0.39 is 10.1 Å². The molecule has 0 aromatic heterocycles. The molecule has 0 aliphatic heterocycles. The maximum absolute atomic E-state index is 12.7. The van der Waals surface area contributed by atoms with E-state index >= 15 is 0 Å². The van der Waals surface area contributed by atoms with Crippen molar-refractivity contribution in [3.05, 3.63) is 29.6 Å². The highest BCUT2D eigenvalue weighted by Crippen LogP contribution is 2.16. The minimum Gasteiger partial charge on any atom is -0.383 e. The van der Waals surface area contributed by atoms with Gasteiger partial charge >= 0.3 is 10.1 Å². The summed E-state index contributed by atoms with van der Waals surface area (Å²) in [5.41, 5.74) is 0.348. The molecule has 0 bridgehead atoms. The Labute approximate surface area is 76.3 Å². The van der Waals surface area contributed by atoms with Crippen molar-refractivity contribution >= 4 is 10.1 Å². The predicted octanol–water partition coefficient (Wildman–Crippen LogP) is 1.47. The zero-order valence-corrected chi connectivity index (χ0v) is 8.06. The smallest absolute Gasteiger partial charge is 0.306 e. The largest absolute Gasteiger partial charge is 0.383 e. The molecule has 72 valence electrons. The quantitative estimate of drug-likeness (QED) is 0.685. The molecular weight excluding hydrogens is 195 g/mol. The molecule has 0 spiro atoms. The first-order valence-electron chi connectivity index (χ1n) is 3.54. The molecule has 0 atom stereocenters. The van der Waals surface area contributed by atoms with E-state index in [0.29, 0.717) is 5.56 Å². The molecule has 1 rings (SSSR count). The van der Waals surface area contributed by atoms with Crippen LogP contribution in [0.2, 0.25) is 0 Å². The van der Waals surface area contributed by atoms with Crippen LogP contribution in [0.1, 0.15) is 5.56 Å². The second-order valence-electron chi connectivity index (χ2n) is 2.70. The van der Waals surface area contributed by atoms with Crippen molar-refractivity contribution in [1.82, 2.24) is 0 Å². The Morgan fingerprint density at radius 2 is 2.00 bits per heavy atom. The van der Waals surface area contributed by atoms with Gasteiger partial charge in [0.1, 0.15) is 11.6 Å². The Hall–Kier alpha value is -1.10. The van der Waals surface area contributed by atoms with E-state index in [-0.39, 0.29) is 11.6 Å². The summed E-state index contributed by atoms with van der Waals surface area (Å²) in [5, 5.41) is 0. The molecule has 5 heteroatoms. The Kier molecular flexibility index (Phi) is 2.56. The molecule has 0 heterocycles. The molecule has 1 aromatic carbocycles. The van der Waals surface area contributed by atoms with E-state index in [1.54, 1.807) is 0 Å². The zero-order valence-electron chi connectivity index (χ0n) is 7.24. The summed E-state index contributed by atoms with van der Waals surface area (Å²) in [6.07, 6.45) is 0.936. The minimum absolute atomic E-state index is 0.126. The van der Waals surface area contributed by atoms with Crippen LogP contribution in [0.5, 0.6) is 5.75 Å². The van der Waals surface area contributed by atoms with Gasteiger partial charge in [0.25, 0.3) is 0 Å². The number of aryl methyl sites for hydroxylation is 1. The van der Waals surface area contributed by atoms with Gasteiger partial charge in [-0.25, -0.2) is 4.39 Å². The van der Waals surface area contributed by atoms with Gasteiger partial charge in [-0.2, -0.15) is 8.42 Å². The maximum atomic E-state index is 12.7. The average molecular weight is 204 g/mol. The van der Waals surface area contributed by atoms with Crippen molar-refractivity contribution in [2.45, 2.75) is 6.92 Å². The van der Waals surface area contributed by atoms with Crippen LogP contribution in [0.25, 0.3) is 0 Å². The van der Waals surface area contributed by atoms with Crippen LogP contribution in [-0.4, -0.2) is 14.7 Å². The predicted molar refractivity (Wildman–Crippen MR) is 46.6 cm³/mol. The van der Waals surface area contributed by atoms with Crippen LogP contribution in [-0.2, 0) is 10.1 Å². The molecule has 0 aliphatic carbocycles. The number of hydrogen-bond donors (Lipinski definition) is 0. The molecule has 3 nitrogen and oxygen atoms in total. The third kappa shape index (κ3) is 3.02. The molecule has 13 heavy (non-hydrogen) atoms. The Morgan fingerprint density at radius 1 is 1.38 bits per heavy atom. The Morgan fingerprint density at radius 3 is 2.46 bits per heavy atom. The molecule has 0 unspecified atom stereocenters. The monoisotopic (exact) mass is 204 g/mol. The molecule has 0 saturated carbocycles. The first-order chi connectivity index (χ1) is 5.88. The van der Waals surface area contributed by atoms with E-state index in [0.717, 1.165) is 12.3 Å². The van der Waals surface area contributed by atoms with E-state index in [2.05, 4.69) is 4.18 Å². The summed E-state index contributed by atoms with van der Waals surface area (Å²) in [6.45, 7) is 1.53. The Bertz CT molecular complexity index is 411. The normalized spacial score (nSPS) is 11.3. The van der Waals surface area contributed by atoms with Crippen LogP contribution in [0.3, 0.4) is 0 Å². The fourth-order valence-electron chi connectivity index (χ4n) is 0.844. The highest BCUT2D eigenvalue weighted by molar-refractivity contribution is 7.86. The van der Waals surface area contributed by atoms with Gasteiger partial charge in [0.2, 0.25) is 0 Å². The van der Waals surface area contributed by atoms with Crippen molar-refractivity contribution in [2.24, 2.45) is 0 Å². The molecule has 0 amide bonds. The van der Waals surface area contributed by atoms with Gasteiger partial charge in [-0.3, -0.25) is 0 Å². The second kappa shape index (κ2) is 3.33. The third-order valence-electron chi connectivity index (χ3n) is 1.38. The highest BCUT2D eigenvalue weighted by atomic mass is 32.2. The van der Waals surface area contributed by atoms with Crippen LogP contribution in [0.4, 0.5) is 4.39 Å². The van der Waals surface area contributed by atoms with Crippen LogP contribution in [0.15, 0.2) is 18.2 Å². The topological polar surface area (TPSA) is 43.4 Å². The number of hydrogen-bond acceptors (Lipinski definition) is 3. The number of halogens is 1. The highest BCUT2D eigenvalue weighted by Gasteiger charge is 2.05. The lowest BCUT2D eigenvalue weighted by molar-refractivity contribution is 0.491. The minimum atomic E-state index is -3.53. The average Bonchev–Trinajstić information content (AvgIpc) is 1.94. The van der Waals surface area contributed by atoms with Crippen LogP contribution < -0.4 is 4.18 Å². The second-order valence-corrected chi connectivity index (χ2v) is 4.27. The lowest BCUT2D eigenvalue weighted by Crippen LogP contribution is -2.05. The number of rotatable bonds is 2. The van der Waals surface area contributed by atoms with Gasteiger partial charge in [-0.15, -0.1) is 0 Å². The fourth-order valence-corrected chi connectivity index (χ4v) is 1.30. The van der Waals surface area contributed by atoms with Crippen molar-refractivity contribution in [3.63, 3.8) is 0 Å². The van der Waals surface area contributed by atoms with Crippen molar-refractivity contribution in [1.29, 1.82) is 0 Å². The first kappa shape index (κ1) is 9.98. The first-order valence-corrected chi connectivity index (χ1v) is 5.36. The lowest BCUT2D eigenvalue weighted by Gasteiger charge is -2.03.